The molecule has 1 unspecified atom stereocenters. The number of piperazine rings is 1. The van der Waals surface area contributed by atoms with Crippen LogP contribution >= 0.6 is 0 Å². The highest BCUT2D eigenvalue weighted by molar-refractivity contribution is 5.27. The highest BCUT2D eigenvalue weighted by Gasteiger charge is 2.29. The van der Waals surface area contributed by atoms with Crippen molar-refractivity contribution in [2.45, 2.75) is 31.7 Å². The zero-order valence-electron chi connectivity index (χ0n) is 11.6. The molecule has 1 aliphatic heterocycles. The number of alkyl halides is 2. The maximum atomic E-state index is 13.7. The van der Waals surface area contributed by atoms with Crippen LogP contribution in [-0.2, 0) is 12.3 Å². The van der Waals surface area contributed by atoms with Gasteiger partial charge in [-0.1, -0.05) is 25.1 Å². The lowest BCUT2D eigenvalue weighted by molar-refractivity contribution is -0.00837. The Labute approximate surface area is 113 Å². The summed E-state index contributed by atoms with van der Waals surface area (Å²) < 4.78 is 27.4. The van der Waals surface area contributed by atoms with Crippen molar-refractivity contribution in [3.63, 3.8) is 0 Å². The van der Waals surface area contributed by atoms with Crippen LogP contribution in [0.5, 0.6) is 0 Å². The van der Waals surface area contributed by atoms with E-state index in [0.717, 1.165) is 31.6 Å². The van der Waals surface area contributed by atoms with E-state index in [-0.39, 0.29) is 12.0 Å². The Hall–Kier alpha value is -1.00. The number of benzene rings is 1. The fraction of sp³-hybridized carbons (Fsp3) is 0.600. The van der Waals surface area contributed by atoms with Crippen LogP contribution in [0.1, 0.15) is 24.5 Å². The highest BCUT2D eigenvalue weighted by atomic mass is 19.3. The number of hydrogen-bond acceptors (Lipinski definition) is 2. The first-order valence-electron chi connectivity index (χ1n) is 6.90. The molecule has 1 heterocycles. The van der Waals surface area contributed by atoms with Crippen LogP contribution in [0.3, 0.4) is 0 Å². The minimum absolute atomic E-state index is 0.136. The summed E-state index contributed by atoms with van der Waals surface area (Å²) in [5.74, 6) is -2.72. The Bertz CT molecular complexity index is 420. The van der Waals surface area contributed by atoms with Crippen LogP contribution in [0, 0.1) is 0 Å². The van der Waals surface area contributed by atoms with Gasteiger partial charge in [-0.3, -0.25) is 0 Å². The van der Waals surface area contributed by atoms with E-state index in [0.29, 0.717) is 6.04 Å². The second-order valence-corrected chi connectivity index (χ2v) is 5.38. The first-order chi connectivity index (χ1) is 9.01. The van der Waals surface area contributed by atoms with Gasteiger partial charge in [-0.25, -0.2) is 8.78 Å². The zero-order valence-corrected chi connectivity index (χ0v) is 11.6. The Kier molecular flexibility index (Phi) is 4.53. The Morgan fingerprint density at radius 1 is 1.42 bits per heavy atom. The van der Waals surface area contributed by atoms with Gasteiger partial charge >= 0.3 is 0 Å². The standard InChI is InChI=1S/C15H22F2N2/c1-3-15(16,17)13-6-4-5-12(9-13)10-14-11-19(2)8-7-18-14/h4-6,9,14,18H,3,7-8,10-11H2,1-2H3. The predicted molar refractivity (Wildman–Crippen MR) is 73.6 cm³/mol. The molecule has 0 bridgehead atoms. The van der Waals surface area contributed by atoms with E-state index in [4.69, 9.17) is 0 Å². The normalized spacial score (nSPS) is 21.6. The van der Waals surface area contributed by atoms with Gasteiger partial charge in [0.1, 0.15) is 0 Å². The first kappa shape index (κ1) is 14.4. The number of halogens is 2. The van der Waals surface area contributed by atoms with Crippen molar-refractivity contribution < 1.29 is 8.78 Å². The molecule has 1 N–H and O–H groups in total. The zero-order chi connectivity index (χ0) is 13.9. The van der Waals surface area contributed by atoms with E-state index >= 15 is 0 Å². The third kappa shape index (κ3) is 3.74. The third-order valence-corrected chi connectivity index (χ3v) is 3.73. The predicted octanol–water partition coefficient (Wildman–Crippen LogP) is 2.63. The van der Waals surface area contributed by atoms with Gasteiger partial charge in [0.05, 0.1) is 0 Å². The molecule has 2 rings (SSSR count). The van der Waals surface area contributed by atoms with Gasteiger partial charge in [0.25, 0.3) is 5.92 Å². The molecular formula is C15H22F2N2. The number of nitrogens with one attached hydrogen (secondary N) is 1. The largest absolute Gasteiger partial charge is 0.311 e. The van der Waals surface area contributed by atoms with E-state index in [1.165, 1.54) is 13.0 Å². The maximum absolute atomic E-state index is 13.7. The number of likely N-dealkylation sites (N-methyl/N-ethyl adjacent to an activating group) is 1. The molecule has 19 heavy (non-hydrogen) atoms. The molecule has 1 saturated heterocycles. The van der Waals surface area contributed by atoms with Crippen molar-refractivity contribution in [1.29, 1.82) is 0 Å². The molecule has 0 radical (unpaired) electrons. The van der Waals surface area contributed by atoms with Gasteiger partial charge in [-0.15, -0.1) is 0 Å². The van der Waals surface area contributed by atoms with Gasteiger partial charge < -0.3 is 10.2 Å². The van der Waals surface area contributed by atoms with Gasteiger partial charge in [-0.05, 0) is 25.1 Å². The van der Waals surface area contributed by atoms with Gasteiger partial charge in [0.2, 0.25) is 0 Å². The number of nitrogens with zero attached hydrogens (tertiary/aromatic N) is 1. The molecule has 106 valence electrons. The summed E-state index contributed by atoms with van der Waals surface area (Å²) in [4.78, 5) is 2.27. The molecule has 2 nitrogen and oxygen atoms in total. The maximum Gasteiger partial charge on any atom is 0.273 e. The quantitative estimate of drug-likeness (QED) is 0.903. The Balaban J connectivity index is 2.07. The fourth-order valence-electron chi connectivity index (χ4n) is 2.54. The molecule has 1 aromatic carbocycles. The summed E-state index contributed by atoms with van der Waals surface area (Å²) in [5, 5.41) is 3.44. The van der Waals surface area contributed by atoms with Gasteiger partial charge in [0.15, 0.2) is 0 Å². The monoisotopic (exact) mass is 268 g/mol. The van der Waals surface area contributed by atoms with E-state index in [1.807, 2.05) is 6.07 Å². The molecule has 4 heteroatoms. The third-order valence-electron chi connectivity index (χ3n) is 3.73. The molecule has 0 amide bonds. The SMILES string of the molecule is CCC(F)(F)c1cccc(CC2CN(C)CCN2)c1. The topological polar surface area (TPSA) is 15.3 Å². The van der Waals surface area contributed by atoms with Crippen LogP contribution in [0.4, 0.5) is 8.78 Å². The summed E-state index contributed by atoms with van der Waals surface area (Å²) in [6.07, 6.45) is 0.652. The van der Waals surface area contributed by atoms with Crippen molar-refractivity contribution in [3.05, 3.63) is 35.4 Å². The average Bonchev–Trinajstić information content (AvgIpc) is 2.39. The lowest BCUT2D eigenvalue weighted by Gasteiger charge is -2.31. The summed E-state index contributed by atoms with van der Waals surface area (Å²) in [5.41, 5.74) is 1.12. The first-order valence-corrected chi connectivity index (χ1v) is 6.90. The Morgan fingerprint density at radius 2 is 2.21 bits per heavy atom. The van der Waals surface area contributed by atoms with Crippen molar-refractivity contribution in [2.24, 2.45) is 0 Å². The summed E-state index contributed by atoms with van der Waals surface area (Å²) in [7, 11) is 2.09. The molecule has 1 aromatic rings. The van der Waals surface area contributed by atoms with Gasteiger partial charge in [0, 0.05) is 37.7 Å². The Morgan fingerprint density at radius 3 is 2.89 bits per heavy atom. The van der Waals surface area contributed by atoms with Crippen LogP contribution in [-0.4, -0.2) is 37.6 Å². The smallest absolute Gasteiger partial charge is 0.273 e. The average molecular weight is 268 g/mol. The second kappa shape index (κ2) is 5.97. The molecule has 0 spiro atoms. The van der Waals surface area contributed by atoms with Crippen LogP contribution in [0.15, 0.2) is 24.3 Å². The minimum Gasteiger partial charge on any atom is -0.311 e. The van der Waals surface area contributed by atoms with Crippen molar-refractivity contribution in [2.75, 3.05) is 26.7 Å². The molecule has 0 aromatic heterocycles. The molecule has 1 aliphatic rings. The molecule has 0 aliphatic carbocycles. The van der Waals surface area contributed by atoms with E-state index in [9.17, 15) is 8.78 Å². The summed E-state index contributed by atoms with van der Waals surface area (Å²) in [6.45, 7) is 4.50. The second-order valence-electron chi connectivity index (χ2n) is 5.38. The molecule has 1 atom stereocenters. The molecule has 0 saturated carbocycles. The highest BCUT2D eigenvalue weighted by Crippen LogP contribution is 2.31. The lowest BCUT2D eigenvalue weighted by Crippen LogP contribution is -2.49. The lowest BCUT2D eigenvalue weighted by atomic mass is 9.98. The minimum atomic E-state index is -2.72. The van der Waals surface area contributed by atoms with Crippen molar-refractivity contribution in [1.82, 2.24) is 10.2 Å². The molecular weight excluding hydrogens is 246 g/mol. The summed E-state index contributed by atoms with van der Waals surface area (Å²) >= 11 is 0. The fourth-order valence-corrected chi connectivity index (χ4v) is 2.54. The molecule has 1 fully saturated rings. The van der Waals surface area contributed by atoms with Crippen molar-refractivity contribution in [3.8, 4) is 0 Å². The van der Waals surface area contributed by atoms with E-state index < -0.39 is 5.92 Å². The number of hydrogen-bond donors (Lipinski definition) is 1. The van der Waals surface area contributed by atoms with Crippen LogP contribution in [0.2, 0.25) is 0 Å². The number of rotatable bonds is 4. The van der Waals surface area contributed by atoms with E-state index in [1.54, 1.807) is 12.1 Å². The van der Waals surface area contributed by atoms with E-state index in [2.05, 4.69) is 17.3 Å². The van der Waals surface area contributed by atoms with Crippen LogP contribution in [0.25, 0.3) is 0 Å². The van der Waals surface area contributed by atoms with Gasteiger partial charge in [-0.2, -0.15) is 0 Å². The summed E-state index contributed by atoms with van der Waals surface area (Å²) in [6, 6.07) is 7.20. The van der Waals surface area contributed by atoms with Crippen LogP contribution < -0.4 is 5.32 Å². The van der Waals surface area contributed by atoms with Crippen molar-refractivity contribution >= 4 is 0 Å².